The quantitative estimate of drug-likeness (QED) is 0.337. The molecule has 10 heteroatoms. The van der Waals surface area contributed by atoms with Crippen molar-refractivity contribution < 1.29 is 4.79 Å². The molecule has 0 unspecified atom stereocenters. The van der Waals surface area contributed by atoms with Crippen molar-refractivity contribution in [3.05, 3.63) is 84.6 Å². The highest BCUT2D eigenvalue weighted by Crippen LogP contribution is 2.30. The third kappa shape index (κ3) is 4.66. The third-order valence-corrected chi connectivity index (χ3v) is 6.89. The summed E-state index contributed by atoms with van der Waals surface area (Å²) in [7, 11) is 0. The minimum absolute atomic E-state index is 0.219. The summed E-state index contributed by atoms with van der Waals surface area (Å²) in [6, 6.07) is 10.8. The van der Waals surface area contributed by atoms with E-state index in [4.69, 9.17) is 34.8 Å². The number of amides is 1. The van der Waals surface area contributed by atoms with Crippen molar-refractivity contribution in [2.75, 3.05) is 5.32 Å². The summed E-state index contributed by atoms with van der Waals surface area (Å²) in [5, 5.41) is 13.4. The fourth-order valence-corrected chi connectivity index (χ4v) is 4.76. The number of nitrogens with one attached hydrogen (secondary N) is 1. The summed E-state index contributed by atoms with van der Waals surface area (Å²) < 4.78 is 1.61. The predicted molar refractivity (Wildman–Crippen MR) is 130 cm³/mol. The Morgan fingerprint density at radius 2 is 1.78 bits per heavy atom. The summed E-state index contributed by atoms with van der Waals surface area (Å²) in [6.45, 7) is 5.62. The van der Waals surface area contributed by atoms with Crippen LogP contribution in [-0.4, -0.2) is 25.9 Å². The van der Waals surface area contributed by atoms with Gasteiger partial charge in [0.05, 0.1) is 17.1 Å². The van der Waals surface area contributed by atoms with Gasteiger partial charge in [0, 0.05) is 26.4 Å². The highest BCUT2D eigenvalue weighted by atomic mass is 35.5. The molecule has 0 bridgehead atoms. The first-order valence-corrected chi connectivity index (χ1v) is 11.6. The van der Waals surface area contributed by atoms with Crippen LogP contribution in [0.5, 0.6) is 0 Å². The van der Waals surface area contributed by atoms with Gasteiger partial charge in [0.15, 0.2) is 10.8 Å². The Bertz CT molecular complexity index is 1330. The SMILES string of the molecule is Cc1ccc(Cl)cc1-n1nnc(C(=O)Nc2nc(C)c(Cc3cc(Cl)ccc3Cl)s2)c1C. The van der Waals surface area contributed by atoms with Gasteiger partial charge >= 0.3 is 0 Å². The molecule has 0 aliphatic carbocycles. The number of anilines is 1. The minimum Gasteiger partial charge on any atom is -0.296 e. The van der Waals surface area contributed by atoms with Gasteiger partial charge in [-0.25, -0.2) is 9.67 Å². The lowest BCUT2D eigenvalue weighted by Gasteiger charge is -2.07. The summed E-state index contributed by atoms with van der Waals surface area (Å²) in [4.78, 5) is 18.4. The van der Waals surface area contributed by atoms with Crippen LogP contribution >= 0.6 is 46.1 Å². The number of carbonyl (C=O) groups excluding carboxylic acids is 1. The van der Waals surface area contributed by atoms with E-state index in [0.717, 1.165) is 27.4 Å². The van der Waals surface area contributed by atoms with Crippen molar-refractivity contribution >= 4 is 57.2 Å². The van der Waals surface area contributed by atoms with E-state index in [2.05, 4.69) is 20.6 Å². The molecule has 1 N–H and O–H groups in total. The molecule has 0 atom stereocenters. The maximum atomic E-state index is 12.9. The van der Waals surface area contributed by atoms with Crippen LogP contribution < -0.4 is 5.32 Å². The Hall–Kier alpha value is -2.45. The number of rotatable bonds is 5. The van der Waals surface area contributed by atoms with E-state index in [-0.39, 0.29) is 11.6 Å². The Balaban J connectivity index is 1.55. The van der Waals surface area contributed by atoms with E-state index in [1.54, 1.807) is 35.9 Å². The van der Waals surface area contributed by atoms with E-state index in [1.165, 1.54) is 11.3 Å². The standard InChI is InChI=1S/C22H18Cl3N5OS/c1-11-4-5-16(24)10-18(11)30-13(3)20(28-29-30)21(31)27-22-26-12(2)19(32-22)9-14-8-15(23)6-7-17(14)25/h4-8,10H,9H2,1-3H3,(H,26,27,31). The molecule has 2 heterocycles. The number of carbonyl (C=O) groups is 1. The second kappa shape index (κ2) is 9.19. The van der Waals surface area contributed by atoms with E-state index in [0.29, 0.717) is 32.3 Å². The maximum Gasteiger partial charge on any atom is 0.279 e. The number of hydrogen-bond acceptors (Lipinski definition) is 5. The van der Waals surface area contributed by atoms with Gasteiger partial charge in [0.2, 0.25) is 0 Å². The average Bonchev–Trinajstić information content (AvgIpc) is 3.28. The molecule has 4 aromatic rings. The van der Waals surface area contributed by atoms with Gasteiger partial charge < -0.3 is 0 Å². The van der Waals surface area contributed by atoms with E-state index >= 15 is 0 Å². The number of aromatic nitrogens is 4. The smallest absolute Gasteiger partial charge is 0.279 e. The molecule has 0 aliphatic heterocycles. The molecular weight excluding hydrogens is 489 g/mol. The lowest BCUT2D eigenvalue weighted by molar-refractivity contribution is 0.102. The fourth-order valence-electron chi connectivity index (χ4n) is 3.23. The number of thiazole rings is 1. The van der Waals surface area contributed by atoms with Crippen LogP contribution in [0.15, 0.2) is 36.4 Å². The van der Waals surface area contributed by atoms with Crippen molar-refractivity contribution in [3.8, 4) is 5.69 Å². The third-order valence-electron chi connectivity index (χ3n) is 4.98. The van der Waals surface area contributed by atoms with Gasteiger partial charge in [0.25, 0.3) is 5.91 Å². The zero-order valence-corrected chi connectivity index (χ0v) is 20.5. The van der Waals surface area contributed by atoms with E-state index in [1.807, 2.05) is 26.0 Å². The van der Waals surface area contributed by atoms with Crippen LogP contribution in [0.1, 0.15) is 37.9 Å². The van der Waals surface area contributed by atoms with Crippen molar-refractivity contribution in [3.63, 3.8) is 0 Å². The molecule has 0 aliphatic rings. The molecule has 0 saturated carbocycles. The van der Waals surface area contributed by atoms with Gasteiger partial charge in [-0.05, 0) is 62.2 Å². The van der Waals surface area contributed by atoms with Gasteiger partial charge in [0.1, 0.15) is 0 Å². The molecular formula is C22H18Cl3N5OS. The summed E-state index contributed by atoms with van der Waals surface area (Å²) in [5.74, 6) is -0.380. The topological polar surface area (TPSA) is 72.7 Å². The Morgan fingerprint density at radius 1 is 1.06 bits per heavy atom. The minimum atomic E-state index is -0.380. The maximum absolute atomic E-state index is 12.9. The zero-order chi connectivity index (χ0) is 23.0. The second-order valence-corrected chi connectivity index (χ2v) is 9.62. The normalized spacial score (nSPS) is 11.1. The van der Waals surface area contributed by atoms with Crippen molar-refractivity contribution in [1.82, 2.24) is 20.0 Å². The van der Waals surface area contributed by atoms with Crippen LogP contribution in [0.3, 0.4) is 0 Å². The van der Waals surface area contributed by atoms with Crippen LogP contribution in [0.25, 0.3) is 5.69 Å². The molecule has 1 amide bonds. The van der Waals surface area contributed by atoms with E-state index < -0.39 is 0 Å². The first-order valence-electron chi connectivity index (χ1n) is 9.63. The summed E-state index contributed by atoms with van der Waals surface area (Å²) in [6.07, 6.45) is 0.571. The average molecular weight is 507 g/mol. The van der Waals surface area contributed by atoms with Crippen molar-refractivity contribution in [2.45, 2.75) is 27.2 Å². The summed E-state index contributed by atoms with van der Waals surface area (Å²) >= 11 is 19.9. The second-order valence-electron chi connectivity index (χ2n) is 7.26. The van der Waals surface area contributed by atoms with Gasteiger partial charge in [-0.2, -0.15) is 0 Å². The number of hydrogen-bond donors (Lipinski definition) is 1. The van der Waals surface area contributed by atoms with Crippen LogP contribution in [0.4, 0.5) is 5.13 Å². The molecule has 2 aromatic carbocycles. The molecule has 6 nitrogen and oxygen atoms in total. The monoisotopic (exact) mass is 505 g/mol. The molecule has 0 radical (unpaired) electrons. The number of benzene rings is 2. The van der Waals surface area contributed by atoms with Crippen LogP contribution in [0, 0.1) is 20.8 Å². The van der Waals surface area contributed by atoms with Gasteiger partial charge in [-0.3, -0.25) is 10.1 Å². The molecule has 164 valence electrons. The highest BCUT2D eigenvalue weighted by molar-refractivity contribution is 7.15. The molecule has 0 saturated heterocycles. The summed E-state index contributed by atoms with van der Waals surface area (Å²) in [5.41, 5.74) is 4.28. The highest BCUT2D eigenvalue weighted by Gasteiger charge is 2.20. The molecule has 0 spiro atoms. The van der Waals surface area contributed by atoms with Crippen LogP contribution in [0.2, 0.25) is 15.1 Å². The molecule has 2 aromatic heterocycles. The number of halogens is 3. The lowest BCUT2D eigenvalue weighted by atomic mass is 10.1. The first kappa shape index (κ1) is 22.7. The fraction of sp³-hybridized carbons (Fsp3) is 0.182. The van der Waals surface area contributed by atoms with Crippen molar-refractivity contribution in [1.29, 1.82) is 0 Å². The zero-order valence-electron chi connectivity index (χ0n) is 17.4. The van der Waals surface area contributed by atoms with Crippen LogP contribution in [-0.2, 0) is 6.42 Å². The molecule has 4 rings (SSSR count). The lowest BCUT2D eigenvalue weighted by Crippen LogP contribution is -2.14. The first-order chi connectivity index (χ1) is 15.2. The van der Waals surface area contributed by atoms with Gasteiger partial charge in [-0.1, -0.05) is 46.1 Å². The van der Waals surface area contributed by atoms with Gasteiger partial charge in [-0.15, -0.1) is 16.4 Å². The molecule has 0 fully saturated rings. The predicted octanol–water partition coefficient (Wildman–Crippen LogP) is 6.45. The largest absolute Gasteiger partial charge is 0.296 e. The Morgan fingerprint density at radius 3 is 2.56 bits per heavy atom. The number of nitrogens with zero attached hydrogens (tertiary/aromatic N) is 4. The Labute approximate surface area is 204 Å². The van der Waals surface area contributed by atoms with Crippen molar-refractivity contribution in [2.24, 2.45) is 0 Å². The molecule has 32 heavy (non-hydrogen) atoms. The Kier molecular flexibility index (Phi) is 6.53. The van der Waals surface area contributed by atoms with E-state index in [9.17, 15) is 4.79 Å². The number of aryl methyl sites for hydroxylation is 2.